The third-order valence-corrected chi connectivity index (χ3v) is 3.91. The Morgan fingerprint density at radius 1 is 1.13 bits per heavy atom. The first-order valence-corrected chi connectivity index (χ1v) is 6.10. The standard InChI is InChI=1S/C12H25ClN2/c1-8-9(2)10(3)14-15-12(7,13)11(4,5)6/h9-10H,8H2,1-7H3. The highest BCUT2D eigenvalue weighted by Crippen LogP contribution is 2.37. The first-order valence-electron chi connectivity index (χ1n) is 5.72. The van der Waals surface area contributed by atoms with E-state index in [4.69, 9.17) is 11.6 Å². The summed E-state index contributed by atoms with van der Waals surface area (Å²) in [6, 6.07) is 0.246. The minimum absolute atomic E-state index is 0.0762. The second kappa shape index (κ2) is 5.29. The summed E-state index contributed by atoms with van der Waals surface area (Å²) >= 11 is 6.34. The lowest BCUT2D eigenvalue weighted by Crippen LogP contribution is -2.32. The smallest absolute Gasteiger partial charge is 0.156 e. The van der Waals surface area contributed by atoms with Gasteiger partial charge in [-0.05, 0) is 19.8 Å². The molecule has 0 N–H and O–H groups in total. The molecule has 0 rings (SSSR count). The molecule has 0 fully saturated rings. The van der Waals surface area contributed by atoms with Crippen LogP contribution in [0.2, 0.25) is 0 Å². The Morgan fingerprint density at radius 3 is 1.93 bits per heavy atom. The van der Waals surface area contributed by atoms with Crippen LogP contribution in [0.3, 0.4) is 0 Å². The van der Waals surface area contributed by atoms with Gasteiger partial charge in [0.15, 0.2) is 5.00 Å². The maximum absolute atomic E-state index is 6.34. The van der Waals surface area contributed by atoms with Crippen LogP contribution in [0.5, 0.6) is 0 Å². The summed E-state index contributed by atoms with van der Waals surface area (Å²) in [5, 5.41) is 8.61. The first-order chi connectivity index (χ1) is 6.62. The Hall–Kier alpha value is -0.110. The molecule has 3 heteroatoms. The van der Waals surface area contributed by atoms with Crippen LogP contribution in [-0.4, -0.2) is 11.0 Å². The van der Waals surface area contributed by atoms with Crippen molar-refractivity contribution in [1.29, 1.82) is 0 Å². The van der Waals surface area contributed by atoms with E-state index >= 15 is 0 Å². The summed E-state index contributed by atoms with van der Waals surface area (Å²) in [4.78, 5) is -0.616. The van der Waals surface area contributed by atoms with Crippen molar-refractivity contribution < 1.29 is 0 Å². The summed E-state index contributed by atoms with van der Waals surface area (Å²) in [5.74, 6) is 0.557. The van der Waals surface area contributed by atoms with E-state index in [1.807, 2.05) is 6.92 Å². The average molecular weight is 233 g/mol. The van der Waals surface area contributed by atoms with Crippen molar-refractivity contribution in [3.63, 3.8) is 0 Å². The zero-order chi connectivity index (χ0) is 12.3. The van der Waals surface area contributed by atoms with Crippen molar-refractivity contribution in [2.45, 2.75) is 65.9 Å². The van der Waals surface area contributed by atoms with Gasteiger partial charge in [-0.15, -0.1) is 0 Å². The Labute approximate surface area is 99.5 Å². The summed E-state index contributed by atoms with van der Waals surface area (Å²) in [6.45, 7) is 14.6. The van der Waals surface area contributed by atoms with Crippen LogP contribution < -0.4 is 0 Å². The van der Waals surface area contributed by atoms with Crippen LogP contribution in [0, 0.1) is 11.3 Å². The zero-order valence-electron chi connectivity index (χ0n) is 11.1. The molecular weight excluding hydrogens is 208 g/mol. The molecule has 3 atom stereocenters. The SMILES string of the molecule is CCC(C)C(C)N=NC(C)(Cl)C(C)(C)C. The highest BCUT2D eigenvalue weighted by atomic mass is 35.5. The number of nitrogens with zero attached hydrogens (tertiary/aromatic N) is 2. The summed E-state index contributed by atoms with van der Waals surface area (Å²) in [5.41, 5.74) is -0.0762. The van der Waals surface area contributed by atoms with E-state index in [-0.39, 0.29) is 11.5 Å². The van der Waals surface area contributed by atoms with Gasteiger partial charge in [-0.1, -0.05) is 52.6 Å². The Bertz CT molecular complexity index is 216. The molecule has 0 saturated carbocycles. The van der Waals surface area contributed by atoms with Gasteiger partial charge in [-0.3, -0.25) is 0 Å². The van der Waals surface area contributed by atoms with Crippen molar-refractivity contribution in [2.24, 2.45) is 21.6 Å². The minimum atomic E-state index is -0.616. The fourth-order valence-electron chi connectivity index (χ4n) is 0.804. The molecule has 0 spiro atoms. The Morgan fingerprint density at radius 2 is 1.60 bits per heavy atom. The van der Waals surface area contributed by atoms with Gasteiger partial charge in [-0.25, -0.2) is 0 Å². The minimum Gasteiger partial charge on any atom is -0.189 e. The van der Waals surface area contributed by atoms with Gasteiger partial charge in [0.2, 0.25) is 0 Å². The van der Waals surface area contributed by atoms with E-state index in [0.717, 1.165) is 6.42 Å². The highest BCUT2D eigenvalue weighted by molar-refractivity contribution is 6.23. The monoisotopic (exact) mass is 232 g/mol. The molecule has 0 saturated heterocycles. The van der Waals surface area contributed by atoms with Crippen LogP contribution in [-0.2, 0) is 0 Å². The first kappa shape index (κ1) is 14.9. The molecule has 3 unspecified atom stereocenters. The molecule has 0 aromatic rings. The molecular formula is C12H25ClN2. The van der Waals surface area contributed by atoms with Crippen LogP contribution in [0.4, 0.5) is 0 Å². The summed E-state index contributed by atoms with van der Waals surface area (Å²) < 4.78 is 0. The number of azo groups is 1. The maximum atomic E-state index is 6.34. The molecule has 0 aliphatic rings. The van der Waals surface area contributed by atoms with Crippen LogP contribution in [0.15, 0.2) is 10.2 Å². The van der Waals surface area contributed by atoms with Gasteiger partial charge >= 0.3 is 0 Å². The molecule has 15 heavy (non-hydrogen) atoms. The molecule has 0 aliphatic carbocycles. The van der Waals surface area contributed by atoms with Crippen molar-refractivity contribution in [3.8, 4) is 0 Å². The number of hydrogen-bond donors (Lipinski definition) is 0. The molecule has 0 aromatic heterocycles. The lowest BCUT2D eigenvalue weighted by molar-refractivity contribution is 0.283. The molecule has 0 amide bonds. The van der Waals surface area contributed by atoms with E-state index in [1.54, 1.807) is 0 Å². The van der Waals surface area contributed by atoms with Crippen molar-refractivity contribution in [3.05, 3.63) is 0 Å². The van der Waals surface area contributed by atoms with Crippen molar-refractivity contribution >= 4 is 11.6 Å². The highest BCUT2D eigenvalue weighted by Gasteiger charge is 2.35. The second-order valence-corrected chi connectivity index (χ2v) is 6.28. The van der Waals surface area contributed by atoms with Crippen LogP contribution in [0.1, 0.15) is 54.9 Å². The van der Waals surface area contributed by atoms with Gasteiger partial charge in [0.05, 0.1) is 6.04 Å². The maximum Gasteiger partial charge on any atom is 0.156 e. The molecule has 90 valence electrons. The average Bonchev–Trinajstić information content (AvgIpc) is 2.11. The topological polar surface area (TPSA) is 24.7 Å². The van der Waals surface area contributed by atoms with Gasteiger partial charge < -0.3 is 0 Å². The molecule has 0 aliphatic heterocycles. The predicted molar refractivity (Wildman–Crippen MR) is 67.5 cm³/mol. The lowest BCUT2D eigenvalue weighted by atomic mass is 9.88. The third kappa shape index (κ3) is 4.50. The molecule has 0 aromatic carbocycles. The fourth-order valence-corrected chi connectivity index (χ4v) is 0.848. The van der Waals surface area contributed by atoms with E-state index in [9.17, 15) is 0 Å². The summed E-state index contributed by atoms with van der Waals surface area (Å²) in [7, 11) is 0. The largest absolute Gasteiger partial charge is 0.189 e. The molecule has 2 nitrogen and oxygen atoms in total. The third-order valence-electron chi connectivity index (χ3n) is 3.26. The zero-order valence-corrected chi connectivity index (χ0v) is 11.9. The van der Waals surface area contributed by atoms with E-state index in [1.165, 1.54) is 0 Å². The molecule has 0 radical (unpaired) electrons. The van der Waals surface area contributed by atoms with Crippen molar-refractivity contribution in [1.82, 2.24) is 0 Å². The van der Waals surface area contributed by atoms with Gasteiger partial charge in [0.25, 0.3) is 0 Å². The number of halogens is 1. The van der Waals surface area contributed by atoms with Crippen LogP contribution >= 0.6 is 11.6 Å². The normalized spacial score (nSPS) is 21.3. The molecule has 0 bridgehead atoms. The fraction of sp³-hybridized carbons (Fsp3) is 1.00. The van der Waals surface area contributed by atoms with E-state index in [0.29, 0.717) is 5.92 Å². The number of rotatable bonds is 4. The second-order valence-electron chi connectivity index (χ2n) is 5.55. The van der Waals surface area contributed by atoms with Crippen LogP contribution in [0.25, 0.3) is 0 Å². The van der Waals surface area contributed by atoms with Gasteiger partial charge in [0, 0.05) is 5.41 Å². The molecule has 0 heterocycles. The summed E-state index contributed by atoms with van der Waals surface area (Å²) in [6.07, 6.45) is 1.12. The quantitative estimate of drug-likeness (QED) is 0.375. The van der Waals surface area contributed by atoms with Gasteiger partial charge in [-0.2, -0.15) is 10.2 Å². The van der Waals surface area contributed by atoms with Crippen molar-refractivity contribution in [2.75, 3.05) is 0 Å². The lowest BCUT2D eigenvalue weighted by Gasteiger charge is -2.31. The number of alkyl halides is 1. The van der Waals surface area contributed by atoms with E-state index in [2.05, 4.69) is 51.8 Å². The Kier molecular flexibility index (Phi) is 5.25. The van der Waals surface area contributed by atoms with Gasteiger partial charge in [0.1, 0.15) is 0 Å². The number of hydrogen-bond acceptors (Lipinski definition) is 2. The predicted octanol–water partition coefficient (Wildman–Crippen LogP) is 4.87. The van der Waals surface area contributed by atoms with E-state index < -0.39 is 5.00 Å². The Balaban J connectivity index is 4.52.